The van der Waals surface area contributed by atoms with E-state index < -0.39 is 26.6 Å². The van der Waals surface area contributed by atoms with E-state index in [-0.39, 0.29) is 23.2 Å². The lowest BCUT2D eigenvalue weighted by Crippen LogP contribution is -2.38. The largest absolute Gasteiger partial charge is 0.350 e. The van der Waals surface area contributed by atoms with E-state index >= 15 is 0 Å². The van der Waals surface area contributed by atoms with Gasteiger partial charge in [0.2, 0.25) is 0 Å². The first-order valence-electron chi connectivity index (χ1n) is 8.38. The summed E-state index contributed by atoms with van der Waals surface area (Å²) < 4.78 is 53.2. The van der Waals surface area contributed by atoms with E-state index in [9.17, 15) is 22.0 Å². The molecule has 0 aliphatic heterocycles. The van der Waals surface area contributed by atoms with E-state index in [2.05, 4.69) is 10.0 Å². The molecule has 1 aliphatic rings. The predicted molar refractivity (Wildman–Crippen MR) is 96.6 cm³/mol. The number of rotatable bonds is 7. The molecule has 27 heavy (non-hydrogen) atoms. The highest BCUT2D eigenvalue weighted by Crippen LogP contribution is 2.31. The maximum absolute atomic E-state index is 13.3. The van der Waals surface area contributed by atoms with Crippen molar-refractivity contribution in [3.05, 3.63) is 59.7 Å². The van der Waals surface area contributed by atoms with Gasteiger partial charge < -0.3 is 11.1 Å². The van der Waals surface area contributed by atoms with Crippen LogP contribution >= 0.6 is 0 Å². The molecule has 0 spiro atoms. The smallest absolute Gasteiger partial charge is 0.261 e. The molecule has 1 aliphatic carbocycles. The lowest BCUT2D eigenvalue weighted by Gasteiger charge is -2.13. The number of nitrogens with two attached hydrogens (primary N) is 1. The molecule has 1 saturated carbocycles. The summed E-state index contributed by atoms with van der Waals surface area (Å²) in [6.07, 6.45) is 2.14. The van der Waals surface area contributed by atoms with Crippen LogP contribution in [0.5, 0.6) is 0 Å². The van der Waals surface area contributed by atoms with E-state index in [0.717, 1.165) is 25.0 Å². The summed E-state index contributed by atoms with van der Waals surface area (Å²) >= 11 is 0. The molecule has 0 heterocycles. The Kier molecular flexibility index (Phi) is 5.43. The molecule has 0 bridgehead atoms. The second kappa shape index (κ2) is 7.61. The van der Waals surface area contributed by atoms with Crippen LogP contribution in [0.2, 0.25) is 0 Å². The van der Waals surface area contributed by atoms with Gasteiger partial charge in [-0.1, -0.05) is 6.07 Å². The Morgan fingerprint density at radius 3 is 2.56 bits per heavy atom. The molecule has 1 fully saturated rings. The molecule has 1 unspecified atom stereocenters. The van der Waals surface area contributed by atoms with Gasteiger partial charge in [-0.3, -0.25) is 9.52 Å². The number of carbonyl (C=O) groups is 1. The van der Waals surface area contributed by atoms with Crippen molar-refractivity contribution in [3.63, 3.8) is 0 Å². The number of hydrogen-bond donors (Lipinski definition) is 3. The summed E-state index contributed by atoms with van der Waals surface area (Å²) in [6.45, 7) is 0.342. The normalized spacial score (nSPS) is 15.2. The van der Waals surface area contributed by atoms with Crippen molar-refractivity contribution in [3.8, 4) is 0 Å². The molecular formula is C18H19F2N3O3S. The molecule has 144 valence electrons. The molecule has 3 rings (SSSR count). The molecule has 9 heteroatoms. The minimum Gasteiger partial charge on any atom is -0.350 e. The number of nitrogens with one attached hydrogen (secondary N) is 2. The average molecular weight is 395 g/mol. The monoisotopic (exact) mass is 395 g/mol. The van der Waals surface area contributed by atoms with Crippen molar-refractivity contribution in [2.45, 2.75) is 23.8 Å². The van der Waals surface area contributed by atoms with Crippen LogP contribution in [0, 0.1) is 17.6 Å². The summed E-state index contributed by atoms with van der Waals surface area (Å²) in [5.74, 6) is -2.34. The molecule has 1 amide bonds. The molecule has 0 radical (unpaired) electrons. The van der Waals surface area contributed by atoms with Crippen molar-refractivity contribution in [2.24, 2.45) is 11.7 Å². The molecule has 4 N–H and O–H groups in total. The van der Waals surface area contributed by atoms with Gasteiger partial charge in [-0.15, -0.1) is 0 Å². The fraction of sp³-hybridized carbons (Fsp3) is 0.278. The third-order valence-electron chi connectivity index (χ3n) is 4.30. The zero-order valence-corrected chi connectivity index (χ0v) is 15.1. The summed E-state index contributed by atoms with van der Waals surface area (Å²) in [7, 11) is -4.13. The van der Waals surface area contributed by atoms with Crippen LogP contribution in [-0.4, -0.2) is 26.9 Å². The van der Waals surface area contributed by atoms with Gasteiger partial charge in [0, 0.05) is 23.8 Å². The van der Waals surface area contributed by atoms with Gasteiger partial charge in [0.1, 0.15) is 0 Å². The number of amides is 1. The first-order valence-corrected chi connectivity index (χ1v) is 9.86. The Labute approximate surface area is 155 Å². The fourth-order valence-electron chi connectivity index (χ4n) is 2.59. The first-order chi connectivity index (χ1) is 12.8. The Hall–Kier alpha value is -2.52. The molecule has 2 aromatic rings. The maximum Gasteiger partial charge on any atom is 0.261 e. The highest BCUT2D eigenvalue weighted by molar-refractivity contribution is 7.92. The van der Waals surface area contributed by atoms with Crippen LogP contribution in [0.3, 0.4) is 0 Å². The van der Waals surface area contributed by atoms with E-state index in [1.807, 2.05) is 0 Å². The van der Waals surface area contributed by atoms with Crippen molar-refractivity contribution in [1.82, 2.24) is 5.32 Å². The molecular weight excluding hydrogens is 376 g/mol. The van der Waals surface area contributed by atoms with Crippen LogP contribution in [-0.2, 0) is 10.0 Å². The second-order valence-corrected chi connectivity index (χ2v) is 8.16. The molecule has 0 saturated heterocycles. The number of sulfonamides is 1. The van der Waals surface area contributed by atoms with Gasteiger partial charge in [-0.05, 0) is 55.2 Å². The van der Waals surface area contributed by atoms with Crippen LogP contribution in [0.15, 0.2) is 47.4 Å². The van der Waals surface area contributed by atoms with Crippen LogP contribution in [0.4, 0.5) is 14.5 Å². The quantitative estimate of drug-likeness (QED) is 0.669. The molecule has 6 nitrogen and oxygen atoms in total. The standard InChI is InChI=1S/C18H19F2N3O3S/c19-15-7-6-14(9-16(15)20)27(25,26)23-13-3-1-2-12(8-13)18(24)22-10-17(21)11-4-5-11/h1-3,6-9,11,17,23H,4-5,10,21H2,(H,22,24). The average Bonchev–Trinajstić information content (AvgIpc) is 3.46. The Bertz CT molecular complexity index is 962. The molecule has 2 aromatic carbocycles. The SMILES string of the molecule is NC(CNC(=O)c1cccc(NS(=O)(=O)c2ccc(F)c(F)c2)c1)C1CC1. The maximum atomic E-state index is 13.3. The predicted octanol–water partition coefficient (Wildman–Crippen LogP) is 2.23. The lowest BCUT2D eigenvalue weighted by atomic mass is 10.1. The van der Waals surface area contributed by atoms with Gasteiger partial charge in [-0.2, -0.15) is 0 Å². The van der Waals surface area contributed by atoms with Gasteiger partial charge in [0.15, 0.2) is 11.6 Å². The minimum atomic E-state index is -4.13. The van der Waals surface area contributed by atoms with Gasteiger partial charge in [-0.25, -0.2) is 17.2 Å². The topological polar surface area (TPSA) is 101 Å². The molecule has 1 atom stereocenters. The highest BCUT2D eigenvalue weighted by atomic mass is 32.2. The Balaban J connectivity index is 1.70. The van der Waals surface area contributed by atoms with Crippen molar-refractivity contribution >= 4 is 21.6 Å². The number of halogens is 2. The number of hydrogen-bond acceptors (Lipinski definition) is 4. The second-order valence-electron chi connectivity index (χ2n) is 6.47. The van der Waals surface area contributed by atoms with Crippen LogP contribution in [0.25, 0.3) is 0 Å². The summed E-state index contributed by atoms with van der Waals surface area (Å²) in [6, 6.07) is 8.04. The van der Waals surface area contributed by atoms with Crippen molar-refractivity contribution in [1.29, 1.82) is 0 Å². The van der Waals surface area contributed by atoms with Gasteiger partial charge in [0.25, 0.3) is 15.9 Å². The minimum absolute atomic E-state index is 0.0935. The Morgan fingerprint density at radius 1 is 1.15 bits per heavy atom. The van der Waals surface area contributed by atoms with Crippen molar-refractivity contribution < 1.29 is 22.0 Å². The number of anilines is 1. The third kappa shape index (κ3) is 4.81. The van der Waals surface area contributed by atoms with Gasteiger partial charge >= 0.3 is 0 Å². The van der Waals surface area contributed by atoms with Crippen LogP contribution < -0.4 is 15.8 Å². The lowest BCUT2D eigenvalue weighted by molar-refractivity contribution is 0.0950. The van der Waals surface area contributed by atoms with Crippen LogP contribution in [0.1, 0.15) is 23.2 Å². The van der Waals surface area contributed by atoms with Crippen molar-refractivity contribution in [2.75, 3.05) is 11.3 Å². The van der Waals surface area contributed by atoms with E-state index in [1.165, 1.54) is 24.3 Å². The van der Waals surface area contributed by atoms with E-state index in [4.69, 9.17) is 5.73 Å². The summed E-state index contributed by atoms with van der Waals surface area (Å²) in [5.41, 5.74) is 6.32. The summed E-state index contributed by atoms with van der Waals surface area (Å²) in [5, 5.41) is 2.72. The number of carbonyl (C=O) groups excluding carboxylic acids is 1. The molecule has 0 aromatic heterocycles. The first kappa shape index (κ1) is 19.2. The zero-order valence-electron chi connectivity index (χ0n) is 14.3. The third-order valence-corrected chi connectivity index (χ3v) is 5.68. The fourth-order valence-corrected chi connectivity index (χ4v) is 3.65. The van der Waals surface area contributed by atoms with E-state index in [0.29, 0.717) is 18.5 Å². The van der Waals surface area contributed by atoms with Gasteiger partial charge in [0.05, 0.1) is 4.90 Å². The number of benzene rings is 2. The van der Waals surface area contributed by atoms with E-state index in [1.54, 1.807) is 0 Å². The summed E-state index contributed by atoms with van der Waals surface area (Å²) in [4.78, 5) is 11.8. The highest BCUT2D eigenvalue weighted by Gasteiger charge is 2.28. The zero-order chi connectivity index (χ0) is 19.6. The Morgan fingerprint density at radius 2 is 1.89 bits per heavy atom.